The molecular formula is C17H23NS. The zero-order valence-electron chi connectivity index (χ0n) is 12.2. The molecule has 19 heavy (non-hydrogen) atoms. The Labute approximate surface area is 120 Å². The largest absolute Gasteiger partial charge is 0.312 e. The monoisotopic (exact) mass is 273 g/mol. The van der Waals surface area contributed by atoms with Crippen LogP contribution in [0, 0.1) is 5.92 Å². The van der Waals surface area contributed by atoms with Crippen molar-refractivity contribution >= 4 is 11.3 Å². The molecule has 0 spiro atoms. The number of benzene rings is 1. The number of rotatable bonds is 5. The lowest BCUT2D eigenvalue weighted by molar-refractivity contribution is 0.449. The Bertz CT molecular complexity index is 510. The molecule has 1 aromatic carbocycles. The summed E-state index contributed by atoms with van der Waals surface area (Å²) in [5, 5.41) is 3.41. The van der Waals surface area contributed by atoms with Gasteiger partial charge >= 0.3 is 0 Å². The molecule has 1 heterocycles. The van der Waals surface area contributed by atoms with Crippen LogP contribution in [-0.2, 0) is 6.42 Å². The molecule has 1 unspecified atom stereocenters. The summed E-state index contributed by atoms with van der Waals surface area (Å²) >= 11 is 1.90. The normalized spacial score (nSPS) is 12.9. The number of thiophene rings is 1. The van der Waals surface area contributed by atoms with Gasteiger partial charge in [0.25, 0.3) is 0 Å². The number of hydrogen-bond donors (Lipinski definition) is 1. The van der Waals surface area contributed by atoms with Crippen molar-refractivity contribution in [1.29, 1.82) is 0 Å². The minimum Gasteiger partial charge on any atom is -0.312 e. The lowest BCUT2D eigenvalue weighted by atomic mass is 10.0. The Morgan fingerprint density at radius 2 is 1.74 bits per heavy atom. The predicted octanol–water partition coefficient (Wildman–Crippen LogP) is 4.89. The van der Waals surface area contributed by atoms with Crippen LogP contribution in [0.1, 0.15) is 37.3 Å². The van der Waals surface area contributed by atoms with Crippen molar-refractivity contribution < 1.29 is 0 Å². The fourth-order valence-electron chi connectivity index (χ4n) is 2.38. The Kier molecular flexibility index (Phi) is 4.78. The van der Waals surface area contributed by atoms with E-state index in [0.717, 1.165) is 6.42 Å². The van der Waals surface area contributed by atoms with Gasteiger partial charge in [0.05, 0.1) is 0 Å². The summed E-state index contributed by atoms with van der Waals surface area (Å²) in [4.78, 5) is 2.78. The van der Waals surface area contributed by atoms with Crippen molar-refractivity contribution in [2.45, 2.75) is 33.2 Å². The molecule has 0 bridgehead atoms. The van der Waals surface area contributed by atoms with Crippen molar-refractivity contribution in [2.75, 3.05) is 7.05 Å². The van der Waals surface area contributed by atoms with Crippen LogP contribution >= 0.6 is 11.3 Å². The van der Waals surface area contributed by atoms with Crippen molar-refractivity contribution in [3.05, 3.63) is 46.8 Å². The molecule has 0 saturated heterocycles. The summed E-state index contributed by atoms with van der Waals surface area (Å²) in [5.41, 5.74) is 2.72. The SMILES string of the molecule is CCc1ccc(-c2ccc(C(NC)C(C)C)s2)cc1. The van der Waals surface area contributed by atoms with Crippen LogP contribution < -0.4 is 5.32 Å². The molecule has 2 heteroatoms. The van der Waals surface area contributed by atoms with Crippen LogP contribution in [-0.4, -0.2) is 7.05 Å². The van der Waals surface area contributed by atoms with Crippen LogP contribution in [0.3, 0.4) is 0 Å². The molecule has 0 saturated carbocycles. The average molecular weight is 273 g/mol. The Hall–Kier alpha value is -1.12. The zero-order valence-corrected chi connectivity index (χ0v) is 13.1. The smallest absolute Gasteiger partial charge is 0.0435 e. The molecule has 2 aromatic rings. The molecule has 1 atom stereocenters. The van der Waals surface area contributed by atoms with Crippen LogP contribution in [0.15, 0.2) is 36.4 Å². The van der Waals surface area contributed by atoms with E-state index in [1.807, 2.05) is 18.4 Å². The van der Waals surface area contributed by atoms with Gasteiger partial charge in [-0.3, -0.25) is 0 Å². The molecule has 1 nitrogen and oxygen atoms in total. The van der Waals surface area contributed by atoms with Crippen LogP contribution in [0.2, 0.25) is 0 Å². The van der Waals surface area contributed by atoms with Gasteiger partial charge in [-0.25, -0.2) is 0 Å². The molecule has 1 N–H and O–H groups in total. The molecular weight excluding hydrogens is 250 g/mol. The van der Waals surface area contributed by atoms with Gasteiger partial charge in [0, 0.05) is 15.8 Å². The Morgan fingerprint density at radius 1 is 1.05 bits per heavy atom. The van der Waals surface area contributed by atoms with Gasteiger partial charge in [0.2, 0.25) is 0 Å². The molecule has 0 aliphatic heterocycles. The van der Waals surface area contributed by atoms with E-state index in [0.29, 0.717) is 12.0 Å². The zero-order chi connectivity index (χ0) is 13.8. The van der Waals surface area contributed by atoms with Gasteiger partial charge in [-0.05, 0) is 42.6 Å². The van der Waals surface area contributed by atoms with Crippen LogP contribution in [0.25, 0.3) is 10.4 Å². The van der Waals surface area contributed by atoms with E-state index in [2.05, 4.69) is 62.5 Å². The first-order valence-electron chi connectivity index (χ1n) is 7.02. The van der Waals surface area contributed by atoms with E-state index in [9.17, 15) is 0 Å². The molecule has 2 rings (SSSR count). The maximum Gasteiger partial charge on any atom is 0.0435 e. The third kappa shape index (κ3) is 3.26. The summed E-state index contributed by atoms with van der Waals surface area (Å²) < 4.78 is 0. The van der Waals surface area contributed by atoms with Crippen molar-refractivity contribution in [3.8, 4) is 10.4 Å². The fraction of sp³-hybridized carbons (Fsp3) is 0.412. The summed E-state index contributed by atoms with van der Waals surface area (Å²) in [6, 6.07) is 13.9. The third-order valence-electron chi connectivity index (χ3n) is 3.56. The highest BCUT2D eigenvalue weighted by atomic mass is 32.1. The molecule has 0 radical (unpaired) electrons. The van der Waals surface area contributed by atoms with E-state index in [1.54, 1.807) is 0 Å². The first-order chi connectivity index (χ1) is 9.15. The van der Waals surface area contributed by atoms with Gasteiger partial charge in [0.1, 0.15) is 0 Å². The van der Waals surface area contributed by atoms with Gasteiger partial charge in [-0.1, -0.05) is 45.0 Å². The van der Waals surface area contributed by atoms with Gasteiger partial charge in [-0.15, -0.1) is 11.3 Å². The topological polar surface area (TPSA) is 12.0 Å². The average Bonchev–Trinajstić information content (AvgIpc) is 2.89. The second-order valence-electron chi connectivity index (χ2n) is 5.26. The molecule has 102 valence electrons. The number of hydrogen-bond acceptors (Lipinski definition) is 2. The maximum absolute atomic E-state index is 3.41. The summed E-state index contributed by atoms with van der Waals surface area (Å²) in [5.74, 6) is 0.610. The number of aryl methyl sites for hydroxylation is 1. The Morgan fingerprint density at radius 3 is 2.26 bits per heavy atom. The maximum atomic E-state index is 3.41. The van der Waals surface area contributed by atoms with E-state index in [1.165, 1.54) is 20.9 Å². The van der Waals surface area contributed by atoms with Crippen LogP contribution in [0.4, 0.5) is 0 Å². The minimum absolute atomic E-state index is 0.452. The number of nitrogens with one attached hydrogen (secondary N) is 1. The lowest BCUT2D eigenvalue weighted by Crippen LogP contribution is -2.20. The predicted molar refractivity (Wildman–Crippen MR) is 85.8 cm³/mol. The summed E-state index contributed by atoms with van der Waals surface area (Å²) in [6.45, 7) is 6.71. The van der Waals surface area contributed by atoms with Gasteiger partial charge < -0.3 is 5.32 Å². The first kappa shape index (κ1) is 14.3. The Balaban J connectivity index is 2.24. The van der Waals surface area contributed by atoms with E-state index < -0.39 is 0 Å². The fourth-order valence-corrected chi connectivity index (χ4v) is 3.68. The van der Waals surface area contributed by atoms with Gasteiger partial charge in [-0.2, -0.15) is 0 Å². The summed E-state index contributed by atoms with van der Waals surface area (Å²) in [7, 11) is 2.04. The molecule has 0 aliphatic carbocycles. The molecule has 1 aromatic heterocycles. The highest BCUT2D eigenvalue weighted by molar-refractivity contribution is 7.15. The quantitative estimate of drug-likeness (QED) is 0.817. The summed E-state index contributed by atoms with van der Waals surface area (Å²) in [6.07, 6.45) is 1.10. The second-order valence-corrected chi connectivity index (χ2v) is 6.38. The van der Waals surface area contributed by atoms with E-state index in [4.69, 9.17) is 0 Å². The van der Waals surface area contributed by atoms with Crippen molar-refractivity contribution in [1.82, 2.24) is 5.32 Å². The first-order valence-corrected chi connectivity index (χ1v) is 7.83. The molecule has 0 amide bonds. The van der Waals surface area contributed by atoms with E-state index in [-0.39, 0.29) is 0 Å². The lowest BCUT2D eigenvalue weighted by Gasteiger charge is -2.18. The van der Waals surface area contributed by atoms with Gasteiger partial charge in [0.15, 0.2) is 0 Å². The van der Waals surface area contributed by atoms with Crippen molar-refractivity contribution in [3.63, 3.8) is 0 Å². The highest BCUT2D eigenvalue weighted by Crippen LogP contribution is 2.34. The highest BCUT2D eigenvalue weighted by Gasteiger charge is 2.15. The minimum atomic E-state index is 0.452. The molecule has 0 aliphatic rings. The molecule has 0 fully saturated rings. The van der Waals surface area contributed by atoms with Crippen molar-refractivity contribution in [2.24, 2.45) is 5.92 Å². The van der Waals surface area contributed by atoms with Crippen LogP contribution in [0.5, 0.6) is 0 Å². The second kappa shape index (κ2) is 6.36. The van der Waals surface area contributed by atoms with E-state index >= 15 is 0 Å². The standard InChI is InChI=1S/C17H23NS/c1-5-13-6-8-14(9-7-13)15-10-11-16(19-15)17(18-4)12(2)3/h6-12,17-18H,5H2,1-4H3. The third-order valence-corrected chi connectivity index (χ3v) is 4.78.